The number of methoxy groups -OCH3 is 1. The maximum atomic E-state index is 8.78. The zero-order chi connectivity index (χ0) is 10.6. The molecule has 0 heterocycles. The molecule has 14 heavy (non-hydrogen) atoms. The van der Waals surface area contributed by atoms with Crippen LogP contribution in [0.4, 0.5) is 0 Å². The topological polar surface area (TPSA) is 38.7 Å². The predicted octanol–water partition coefficient (Wildman–Crippen LogP) is 1.40. The van der Waals surface area contributed by atoms with Crippen molar-refractivity contribution in [2.24, 2.45) is 5.92 Å². The van der Waals surface area contributed by atoms with Crippen molar-refractivity contribution in [1.82, 2.24) is 0 Å². The van der Waals surface area contributed by atoms with Crippen LogP contribution in [0.2, 0.25) is 0 Å². The Labute approximate surface area is 91.2 Å². The number of hydrogen-bond donors (Lipinski definition) is 1. The van der Waals surface area contributed by atoms with Gasteiger partial charge < -0.3 is 14.6 Å². The van der Waals surface area contributed by atoms with E-state index in [9.17, 15) is 0 Å². The lowest BCUT2D eigenvalue weighted by Crippen LogP contribution is -2.06. The van der Waals surface area contributed by atoms with Gasteiger partial charge in [0.15, 0.2) is 0 Å². The Kier molecular flexibility index (Phi) is 11.5. The fourth-order valence-electron chi connectivity index (χ4n) is 0.845. The zero-order valence-corrected chi connectivity index (χ0v) is 10.0. The molecule has 1 atom stereocenters. The summed E-state index contributed by atoms with van der Waals surface area (Å²) in [4.78, 5) is 0. The second-order valence-corrected chi connectivity index (χ2v) is 4.47. The molecule has 0 saturated carbocycles. The molecule has 0 saturated heterocycles. The first-order valence-corrected chi connectivity index (χ1v) is 6.22. The van der Waals surface area contributed by atoms with Gasteiger partial charge in [0.05, 0.1) is 13.2 Å². The van der Waals surface area contributed by atoms with E-state index < -0.39 is 0 Å². The standard InChI is InChI=1S/C10H22O3S/c1-10(8-11)9-14-7-3-4-13-6-5-12-2/h10-11H,3-9H2,1-2H3. The first kappa shape index (κ1) is 14.2. The molecule has 86 valence electrons. The molecule has 0 aromatic carbocycles. The predicted molar refractivity (Wildman–Crippen MR) is 60.9 cm³/mol. The van der Waals surface area contributed by atoms with E-state index in [4.69, 9.17) is 14.6 Å². The molecule has 0 aliphatic rings. The minimum absolute atomic E-state index is 0.289. The number of aliphatic hydroxyl groups excluding tert-OH is 1. The highest BCUT2D eigenvalue weighted by Crippen LogP contribution is 2.08. The van der Waals surface area contributed by atoms with Crippen LogP contribution in [0.5, 0.6) is 0 Å². The first-order chi connectivity index (χ1) is 6.81. The Bertz CT molecular complexity index is 112. The molecule has 0 aromatic heterocycles. The summed E-state index contributed by atoms with van der Waals surface area (Å²) in [7, 11) is 1.68. The molecule has 1 N–H and O–H groups in total. The van der Waals surface area contributed by atoms with Gasteiger partial charge in [0.2, 0.25) is 0 Å². The van der Waals surface area contributed by atoms with Crippen molar-refractivity contribution in [2.45, 2.75) is 13.3 Å². The minimum Gasteiger partial charge on any atom is -0.396 e. The molecule has 3 nitrogen and oxygen atoms in total. The van der Waals surface area contributed by atoms with Crippen LogP contribution in [0.1, 0.15) is 13.3 Å². The van der Waals surface area contributed by atoms with Gasteiger partial charge in [-0.2, -0.15) is 11.8 Å². The number of aliphatic hydroxyl groups is 1. The Morgan fingerprint density at radius 2 is 2.07 bits per heavy atom. The van der Waals surface area contributed by atoms with Gasteiger partial charge in [0.1, 0.15) is 0 Å². The molecule has 4 heteroatoms. The SMILES string of the molecule is COCCOCCCSCC(C)CO. The van der Waals surface area contributed by atoms with E-state index in [1.165, 1.54) is 0 Å². The lowest BCUT2D eigenvalue weighted by atomic mass is 10.2. The second-order valence-electron chi connectivity index (χ2n) is 3.32. The smallest absolute Gasteiger partial charge is 0.0700 e. The van der Waals surface area contributed by atoms with Gasteiger partial charge in [0.25, 0.3) is 0 Å². The number of rotatable bonds is 10. The normalized spacial score (nSPS) is 13.1. The zero-order valence-electron chi connectivity index (χ0n) is 9.20. The molecule has 0 aliphatic heterocycles. The van der Waals surface area contributed by atoms with E-state index in [1.54, 1.807) is 7.11 Å². The average molecular weight is 222 g/mol. The Hall–Kier alpha value is 0.230. The van der Waals surface area contributed by atoms with Crippen LogP contribution in [-0.2, 0) is 9.47 Å². The number of thioether (sulfide) groups is 1. The van der Waals surface area contributed by atoms with Gasteiger partial charge >= 0.3 is 0 Å². The summed E-state index contributed by atoms with van der Waals surface area (Å²) < 4.78 is 10.2. The van der Waals surface area contributed by atoms with E-state index in [-0.39, 0.29) is 6.61 Å². The fraction of sp³-hybridized carbons (Fsp3) is 1.00. The van der Waals surface area contributed by atoms with Crippen LogP contribution < -0.4 is 0 Å². The monoisotopic (exact) mass is 222 g/mol. The van der Waals surface area contributed by atoms with Crippen molar-refractivity contribution in [1.29, 1.82) is 0 Å². The molecule has 0 fully saturated rings. The summed E-state index contributed by atoms with van der Waals surface area (Å²) >= 11 is 1.88. The molecule has 0 bridgehead atoms. The van der Waals surface area contributed by atoms with Crippen molar-refractivity contribution in [2.75, 3.05) is 45.0 Å². The van der Waals surface area contributed by atoms with Crippen molar-refractivity contribution in [3.05, 3.63) is 0 Å². The van der Waals surface area contributed by atoms with E-state index >= 15 is 0 Å². The molecule has 0 radical (unpaired) electrons. The van der Waals surface area contributed by atoms with Gasteiger partial charge in [-0.25, -0.2) is 0 Å². The van der Waals surface area contributed by atoms with Gasteiger partial charge in [-0.3, -0.25) is 0 Å². The quantitative estimate of drug-likeness (QED) is 0.567. The summed E-state index contributed by atoms with van der Waals surface area (Å²) in [5.41, 5.74) is 0. The van der Waals surface area contributed by atoms with Crippen LogP contribution in [0.3, 0.4) is 0 Å². The first-order valence-electron chi connectivity index (χ1n) is 5.06. The lowest BCUT2D eigenvalue weighted by molar-refractivity contribution is 0.0713. The molecule has 1 unspecified atom stereocenters. The average Bonchev–Trinajstić information content (AvgIpc) is 2.21. The maximum absolute atomic E-state index is 8.78. The largest absolute Gasteiger partial charge is 0.396 e. The third kappa shape index (κ3) is 10.3. The van der Waals surface area contributed by atoms with Crippen LogP contribution >= 0.6 is 11.8 Å². The molecule has 0 spiro atoms. The van der Waals surface area contributed by atoms with Crippen molar-refractivity contribution in [3.8, 4) is 0 Å². The van der Waals surface area contributed by atoms with Crippen molar-refractivity contribution >= 4 is 11.8 Å². The van der Waals surface area contributed by atoms with Crippen LogP contribution in [0, 0.1) is 5.92 Å². The van der Waals surface area contributed by atoms with Gasteiger partial charge in [-0.05, 0) is 23.8 Å². The molecular formula is C10H22O3S. The summed E-state index contributed by atoms with van der Waals surface area (Å²) in [5.74, 6) is 2.56. The van der Waals surface area contributed by atoms with E-state index in [0.717, 1.165) is 24.5 Å². The summed E-state index contributed by atoms with van der Waals surface area (Å²) in [6.45, 7) is 4.52. The molecule has 0 amide bonds. The van der Waals surface area contributed by atoms with Crippen molar-refractivity contribution in [3.63, 3.8) is 0 Å². The van der Waals surface area contributed by atoms with Crippen LogP contribution in [-0.4, -0.2) is 50.1 Å². The maximum Gasteiger partial charge on any atom is 0.0700 e. The minimum atomic E-state index is 0.289. The Morgan fingerprint density at radius 3 is 2.71 bits per heavy atom. The summed E-state index contributed by atoms with van der Waals surface area (Å²) in [6, 6.07) is 0. The lowest BCUT2D eigenvalue weighted by Gasteiger charge is -2.07. The molecule has 0 aromatic rings. The third-order valence-corrected chi connectivity index (χ3v) is 3.11. The molecule has 0 aliphatic carbocycles. The van der Waals surface area contributed by atoms with E-state index in [2.05, 4.69) is 6.92 Å². The highest BCUT2D eigenvalue weighted by molar-refractivity contribution is 7.99. The van der Waals surface area contributed by atoms with E-state index in [0.29, 0.717) is 19.1 Å². The highest BCUT2D eigenvalue weighted by Gasteiger charge is 1.99. The summed E-state index contributed by atoms with van der Waals surface area (Å²) in [5, 5.41) is 8.78. The van der Waals surface area contributed by atoms with Gasteiger partial charge in [0, 0.05) is 20.3 Å². The highest BCUT2D eigenvalue weighted by atomic mass is 32.2. The third-order valence-electron chi connectivity index (χ3n) is 1.72. The molecular weight excluding hydrogens is 200 g/mol. The van der Waals surface area contributed by atoms with Crippen LogP contribution in [0.15, 0.2) is 0 Å². The number of hydrogen-bond acceptors (Lipinski definition) is 4. The molecule has 0 rings (SSSR count). The van der Waals surface area contributed by atoms with E-state index in [1.807, 2.05) is 11.8 Å². The van der Waals surface area contributed by atoms with Gasteiger partial charge in [-0.15, -0.1) is 0 Å². The van der Waals surface area contributed by atoms with Crippen molar-refractivity contribution < 1.29 is 14.6 Å². The number of ether oxygens (including phenoxy) is 2. The Balaban J connectivity index is 2.92. The van der Waals surface area contributed by atoms with Gasteiger partial charge in [-0.1, -0.05) is 6.92 Å². The van der Waals surface area contributed by atoms with Crippen LogP contribution in [0.25, 0.3) is 0 Å². The Morgan fingerprint density at radius 1 is 1.29 bits per heavy atom. The fourth-order valence-corrected chi connectivity index (χ4v) is 1.84. The summed E-state index contributed by atoms with van der Waals surface area (Å²) in [6.07, 6.45) is 1.08. The second kappa shape index (κ2) is 11.3.